The predicted molar refractivity (Wildman–Crippen MR) is 66.5 cm³/mol. The summed E-state index contributed by atoms with van der Waals surface area (Å²) in [4.78, 5) is 10.8. The zero-order chi connectivity index (χ0) is 11.5. The van der Waals surface area contributed by atoms with Gasteiger partial charge in [0.2, 0.25) is 0 Å². The van der Waals surface area contributed by atoms with Crippen LogP contribution >= 0.6 is 0 Å². The third-order valence-electron chi connectivity index (χ3n) is 2.56. The molecule has 0 amide bonds. The molecule has 0 N–H and O–H groups in total. The monoisotopic (exact) mass is 404 g/mol. The van der Waals surface area contributed by atoms with Gasteiger partial charge < -0.3 is 0 Å². The molecule has 0 aromatic rings. The molecule has 15 heavy (non-hydrogen) atoms. The van der Waals surface area contributed by atoms with Crippen molar-refractivity contribution in [3.05, 3.63) is 12.7 Å². The van der Waals surface area contributed by atoms with E-state index in [-0.39, 0.29) is 5.97 Å². The van der Waals surface area contributed by atoms with E-state index in [2.05, 4.69) is 20.4 Å². The first-order valence-electron chi connectivity index (χ1n) is 6.03. The van der Waals surface area contributed by atoms with Crippen molar-refractivity contribution in [2.75, 3.05) is 6.61 Å². The van der Waals surface area contributed by atoms with Crippen LogP contribution in [0.15, 0.2) is 12.7 Å². The van der Waals surface area contributed by atoms with Gasteiger partial charge in [0, 0.05) is 0 Å². The van der Waals surface area contributed by atoms with Gasteiger partial charge in [-0.05, 0) is 0 Å². The quantitative estimate of drug-likeness (QED) is 0.255. The first-order chi connectivity index (χ1) is 7.24. The number of rotatable bonds is 9. The summed E-state index contributed by atoms with van der Waals surface area (Å²) >= 11 is -1.32. The zero-order valence-electron chi connectivity index (χ0n) is 10.1. The molecule has 0 unspecified atom stereocenters. The van der Waals surface area contributed by atoms with Crippen LogP contribution in [0.4, 0.5) is 0 Å². The number of esters is 1. The Morgan fingerprint density at radius 1 is 1.27 bits per heavy atom. The molecular formula is C12H23O2Tl. The van der Waals surface area contributed by atoms with Gasteiger partial charge >= 0.3 is 103 Å². The Hall–Kier alpha value is 0.132. The van der Waals surface area contributed by atoms with Gasteiger partial charge in [0.25, 0.3) is 0 Å². The van der Waals surface area contributed by atoms with E-state index >= 15 is 0 Å². The summed E-state index contributed by atoms with van der Waals surface area (Å²) in [7, 11) is 0. The molecule has 3 heteroatoms. The predicted octanol–water partition coefficient (Wildman–Crippen LogP) is 3.42. The molecule has 0 aliphatic rings. The Morgan fingerprint density at radius 3 is 2.33 bits per heavy atom. The molecule has 0 heterocycles. The minimum absolute atomic E-state index is 0.283. The number of carbonyl (C=O) groups is 1. The van der Waals surface area contributed by atoms with Gasteiger partial charge in [-0.1, -0.05) is 0 Å². The molecule has 0 bridgehead atoms. The van der Waals surface area contributed by atoms with Gasteiger partial charge in [-0.2, -0.15) is 0 Å². The van der Waals surface area contributed by atoms with Gasteiger partial charge in [0.1, 0.15) is 0 Å². The number of ether oxygens (including phenoxy) is 1. The Morgan fingerprint density at radius 2 is 1.87 bits per heavy atom. The summed E-state index contributed by atoms with van der Waals surface area (Å²) in [6, 6.07) is 0. The molecule has 0 aliphatic carbocycles. The topological polar surface area (TPSA) is 26.3 Å². The third-order valence-corrected chi connectivity index (χ3v) is 18.2. The van der Waals surface area contributed by atoms with E-state index < -0.39 is 22.7 Å². The first kappa shape index (κ1) is 15.1. The Labute approximate surface area is 102 Å². The van der Waals surface area contributed by atoms with E-state index in [1.165, 1.54) is 30.9 Å². The summed E-state index contributed by atoms with van der Waals surface area (Å²) in [6.07, 6.45) is 5.00. The normalized spacial score (nSPS) is 9.73. The second-order valence-electron chi connectivity index (χ2n) is 3.96. The van der Waals surface area contributed by atoms with Crippen LogP contribution in [0.2, 0.25) is 11.9 Å². The van der Waals surface area contributed by atoms with E-state index in [0.717, 1.165) is 6.42 Å². The summed E-state index contributed by atoms with van der Waals surface area (Å²) in [5, 5.41) is 0. The molecule has 0 saturated carbocycles. The van der Waals surface area contributed by atoms with Crippen LogP contribution in [0.5, 0.6) is 0 Å². The minimum atomic E-state index is -1.32. The van der Waals surface area contributed by atoms with Gasteiger partial charge in [0.15, 0.2) is 0 Å². The van der Waals surface area contributed by atoms with Crippen molar-refractivity contribution in [2.24, 2.45) is 0 Å². The molecule has 0 radical (unpaired) electrons. The van der Waals surface area contributed by atoms with E-state index in [1.807, 2.05) is 0 Å². The van der Waals surface area contributed by atoms with E-state index in [0.29, 0.717) is 6.61 Å². The van der Waals surface area contributed by atoms with E-state index in [4.69, 9.17) is 4.74 Å². The first-order valence-corrected chi connectivity index (χ1v) is 15.6. The van der Waals surface area contributed by atoms with E-state index in [9.17, 15) is 4.79 Å². The Bertz CT molecular complexity index is 174. The summed E-state index contributed by atoms with van der Waals surface area (Å²) in [6.45, 7) is 8.52. The molecule has 0 atom stereocenters. The SMILES string of the molecule is C=CC(=O)OCC[CH2][Tl]([CH2]CC)[CH2]CC. The van der Waals surface area contributed by atoms with Crippen LogP contribution in [-0.4, -0.2) is 35.3 Å². The summed E-state index contributed by atoms with van der Waals surface area (Å²) in [5.41, 5.74) is 0. The van der Waals surface area contributed by atoms with Crippen molar-refractivity contribution < 1.29 is 9.53 Å². The van der Waals surface area contributed by atoms with Gasteiger partial charge in [-0.3, -0.25) is 0 Å². The van der Waals surface area contributed by atoms with Crippen LogP contribution < -0.4 is 0 Å². The van der Waals surface area contributed by atoms with Crippen molar-refractivity contribution in [1.82, 2.24) is 0 Å². The fraction of sp³-hybridized carbons (Fsp3) is 0.750. The van der Waals surface area contributed by atoms with Crippen molar-refractivity contribution in [1.29, 1.82) is 0 Å². The third kappa shape index (κ3) is 9.08. The Balaban J connectivity index is 3.52. The summed E-state index contributed by atoms with van der Waals surface area (Å²) in [5.74, 6) is -0.283. The molecule has 0 spiro atoms. The molecule has 0 saturated heterocycles. The molecule has 0 fully saturated rings. The molecule has 2 nitrogen and oxygen atoms in total. The van der Waals surface area contributed by atoms with Crippen molar-refractivity contribution in [2.45, 2.75) is 45.1 Å². The van der Waals surface area contributed by atoms with Crippen LogP contribution in [0.1, 0.15) is 33.1 Å². The van der Waals surface area contributed by atoms with Gasteiger partial charge in [-0.25, -0.2) is 0 Å². The van der Waals surface area contributed by atoms with Crippen molar-refractivity contribution >= 4 is 28.7 Å². The summed E-state index contributed by atoms with van der Waals surface area (Å²) < 4.78 is 9.41. The van der Waals surface area contributed by atoms with Gasteiger partial charge in [0.05, 0.1) is 0 Å². The second-order valence-corrected chi connectivity index (χ2v) is 17.4. The molecule has 0 aromatic heterocycles. The number of hydrogen-bond acceptors (Lipinski definition) is 2. The average molecular weight is 404 g/mol. The van der Waals surface area contributed by atoms with Crippen LogP contribution in [0.25, 0.3) is 0 Å². The van der Waals surface area contributed by atoms with Crippen molar-refractivity contribution in [3.63, 3.8) is 0 Å². The zero-order valence-corrected chi connectivity index (χ0v) is 14.6. The maximum absolute atomic E-state index is 10.8. The fourth-order valence-electron chi connectivity index (χ4n) is 1.85. The van der Waals surface area contributed by atoms with Crippen LogP contribution in [-0.2, 0) is 9.53 Å². The molecular weight excluding hydrogens is 381 g/mol. The molecule has 0 rings (SSSR count). The average Bonchev–Trinajstić information content (AvgIpc) is 2.24. The van der Waals surface area contributed by atoms with Crippen LogP contribution in [0, 0.1) is 0 Å². The number of carbonyl (C=O) groups excluding carboxylic acids is 1. The van der Waals surface area contributed by atoms with Gasteiger partial charge in [-0.15, -0.1) is 0 Å². The molecule has 0 aromatic carbocycles. The second kappa shape index (κ2) is 10.6. The Kier molecular flexibility index (Phi) is 10.7. The number of hydrogen-bond donors (Lipinski definition) is 0. The van der Waals surface area contributed by atoms with E-state index in [1.54, 1.807) is 0 Å². The van der Waals surface area contributed by atoms with Crippen LogP contribution in [0.3, 0.4) is 0 Å². The molecule has 0 aliphatic heterocycles. The standard InChI is InChI=1S/C6H9O2.2C3H7.Tl/c1-3-5-8-6(7)4-2;2*1-3-2;/h4H,1-3,5H2;2*1,3H2,2H3;. The fourth-order valence-corrected chi connectivity index (χ4v) is 14.5. The van der Waals surface area contributed by atoms with Crippen molar-refractivity contribution in [3.8, 4) is 0 Å². The molecule has 86 valence electrons. The maximum atomic E-state index is 10.8.